The molecule has 0 atom stereocenters. The van der Waals surface area contributed by atoms with Crippen LogP contribution >= 0.6 is 0 Å². The molecule has 0 aliphatic carbocycles. The summed E-state index contributed by atoms with van der Waals surface area (Å²) in [5.41, 5.74) is 0.954. The first-order valence-corrected chi connectivity index (χ1v) is 12.3. The van der Waals surface area contributed by atoms with Crippen LogP contribution in [0.5, 0.6) is 11.5 Å². The Morgan fingerprint density at radius 1 is 1.19 bits per heavy atom. The van der Waals surface area contributed by atoms with Crippen molar-refractivity contribution in [3.05, 3.63) is 18.2 Å². The van der Waals surface area contributed by atoms with Gasteiger partial charge in [-0.2, -0.15) is 0 Å². The highest BCUT2D eigenvalue weighted by molar-refractivity contribution is 5.93. The van der Waals surface area contributed by atoms with Crippen LogP contribution in [0.1, 0.15) is 46.0 Å². The number of guanidine groups is 1. The molecule has 2 aliphatic rings. The number of hydrogen-bond donors (Lipinski definition) is 2. The van der Waals surface area contributed by atoms with Gasteiger partial charge in [0.1, 0.15) is 0 Å². The third-order valence-electron chi connectivity index (χ3n) is 5.86. The van der Waals surface area contributed by atoms with E-state index >= 15 is 0 Å². The Morgan fingerprint density at radius 3 is 2.75 bits per heavy atom. The molecule has 0 unspecified atom stereocenters. The topological polar surface area (TPSA) is 67.4 Å². The zero-order chi connectivity index (χ0) is 22.6. The second-order valence-electron chi connectivity index (χ2n) is 9.35. The van der Waals surface area contributed by atoms with E-state index in [1.54, 1.807) is 0 Å². The Balaban J connectivity index is 1.53. The standard InChI is InChI=1S/C25H42N4O3/c1-20(2)19-30-15-4-11-26-25(27-12-8-21-9-13-29(3)14-10-21)28-22-6-7-23-24(18-22)32-17-5-16-31-23/h6-7,18,20-21H,4-5,8-17,19H2,1-3H3,(H2,26,27,28). The first-order valence-electron chi connectivity index (χ1n) is 12.3. The van der Waals surface area contributed by atoms with E-state index in [-0.39, 0.29) is 0 Å². The molecule has 180 valence electrons. The van der Waals surface area contributed by atoms with Crippen molar-refractivity contribution < 1.29 is 14.2 Å². The maximum atomic E-state index is 5.84. The molecule has 32 heavy (non-hydrogen) atoms. The molecule has 2 heterocycles. The molecule has 2 N–H and O–H groups in total. The number of ether oxygens (including phenoxy) is 3. The number of rotatable bonds is 10. The zero-order valence-electron chi connectivity index (χ0n) is 20.2. The molecule has 0 amide bonds. The van der Waals surface area contributed by atoms with Gasteiger partial charge in [-0.3, -0.25) is 4.99 Å². The van der Waals surface area contributed by atoms with Crippen LogP contribution in [0.25, 0.3) is 0 Å². The predicted octanol–water partition coefficient (Wildman–Crippen LogP) is 4.00. The van der Waals surface area contributed by atoms with Crippen molar-refractivity contribution in [2.75, 3.05) is 65.0 Å². The van der Waals surface area contributed by atoms with E-state index < -0.39 is 0 Å². The molecule has 3 rings (SSSR count). The first kappa shape index (κ1) is 24.6. The summed E-state index contributed by atoms with van der Waals surface area (Å²) in [6, 6.07) is 5.99. The van der Waals surface area contributed by atoms with E-state index in [1.807, 2.05) is 18.2 Å². The quantitative estimate of drug-likeness (QED) is 0.322. The van der Waals surface area contributed by atoms with Gasteiger partial charge in [-0.1, -0.05) is 13.8 Å². The summed E-state index contributed by atoms with van der Waals surface area (Å²) in [5.74, 6) is 3.78. The second kappa shape index (κ2) is 13.5. The monoisotopic (exact) mass is 446 g/mol. The molecule has 1 aromatic carbocycles. The van der Waals surface area contributed by atoms with Gasteiger partial charge in [0.2, 0.25) is 0 Å². The molecule has 0 aromatic heterocycles. The van der Waals surface area contributed by atoms with Crippen molar-refractivity contribution in [1.29, 1.82) is 0 Å². The van der Waals surface area contributed by atoms with Crippen LogP contribution in [-0.4, -0.2) is 70.5 Å². The number of anilines is 1. The molecular weight excluding hydrogens is 404 g/mol. The van der Waals surface area contributed by atoms with Crippen LogP contribution in [0, 0.1) is 11.8 Å². The highest BCUT2D eigenvalue weighted by atomic mass is 16.5. The molecule has 0 bridgehead atoms. The number of hydrogen-bond acceptors (Lipinski definition) is 5. The highest BCUT2D eigenvalue weighted by Gasteiger charge is 2.16. The van der Waals surface area contributed by atoms with Gasteiger partial charge in [0, 0.05) is 44.5 Å². The molecule has 7 heteroatoms. The molecule has 1 aromatic rings. The van der Waals surface area contributed by atoms with E-state index in [0.717, 1.165) is 68.2 Å². The van der Waals surface area contributed by atoms with Crippen molar-refractivity contribution in [3.63, 3.8) is 0 Å². The molecule has 0 saturated carbocycles. The lowest BCUT2D eigenvalue weighted by molar-refractivity contribution is 0.109. The van der Waals surface area contributed by atoms with E-state index in [0.29, 0.717) is 19.1 Å². The molecule has 1 saturated heterocycles. The summed E-state index contributed by atoms with van der Waals surface area (Å²) < 4.78 is 17.3. The van der Waals surface area contributed by atoms with E-state index in [1.165, 1.54) is 32.4 Å². The lowest BCUT2D eigenvalue weighted by Crippen LogP contribution is -2.35. The minimum Gasteiger partial charge on any atom is -0.490 e. The summed E-state index contributed by atoms with van der Waals surface area (Å²) in [6.45, 7) is 11.3. The number of benzene rings is 1. The molecule has 2 aliphatic heterocycles. The van der Waals surface area contributed by atoms with Gasteiger partial charge in [0.25, 0.3) is 0 Å². The fraction of sp³-hybridized carbons (Fsp3) is 0.720. The van der Waals surface area contributed by atoms with Crippen molar-refractivity contribution in [1.82, 2.24) is 10.2 Å². The van der Waals surface area contributed by atoms with Gasteiger partial charge < -0.3 is 29.7 Å². The maximum Gasteiger partial charge on any atom is 0.195 e. The van der Waals surface area contributed by atoms with Crippen LogP contribution in [0.4, 0.5) is 5.69 Å². The number of nitrogens with one attached hydrogen (secondary N) is 2. The number of aliphatic imine (C=N–C) groups is 1. The van der Waals surface area contributed by atoms with Gasteiger partial charge in [0.15, 0.2) is 17.5 Å². The average molecular weight is 447 g/mol. The van der Waals surface area contributed by atoms with Gasteiger partial charge in [-0.05, 0) is 69.8 Å². The third-order valence-corrected chi connectivity index (χ3v) is 5.86. The lowest BCUT2D eigenvalue weighted by Gasteiger charge is -2.29. The fourth-order valence-electron chi connectivity index (χ4n) is 3.94. The lowest BCUT2D eigenvalue weighted by atomic mass is 9.94. The van der Waals surface area contributed by atoms with Crippen LogP contribution < -0.4 is 20.1 Å². The molecule has 7 nitrogen and oxygen atoms in total. The Morgan fingerprint density at radius 2 is 1.97 bits per heavy atom. The SMILES string of the molecule is CC(C)COCCCN=C(NCCC1CCN(C)CC1)Nc1ccc2c(c1)OCCCO2. The minimum absolute atomic E-state index is 0.566. The van der Waals surface area contributed by atoms with Crippen molar-refractivity contribution in [3.8, 4) is 11.5 Å². The molecule has 1 fully saturated rings. The zero-order valence-corrected chi connectivity index (χ0v) is 20.2. The summed E-state index contributed by atoms with van der Waals surface area (Å²) in [7, 11) is 2.21. The Bertz CT molecular complexity index is 702. The first-order chi connectivity index (χ1) is 15.6. The predicted molar refractivity (Wildman–Crippen MR) is 131 cm³/mol. The molecular formula is C25H42N4O3. The number of fused-ring (bicyclic) bond motifs is 1. The minimum atomic E-state index is 0.566. The van der Waals surface area contributed by atoms with E-state index in [9.17, 15) is 0 Å². The average Bonchev–Trinajstić information content (AvgIpc) is 3.02. The van der Waals surface area contributed by atoms with E-state index in [4.69, 9.17) is 19.2 Å². The van der Waals surface area contributed by atoms with Gasteiger partial charge >= 0.3 is 0 Å². The largest absolute Gasteiger partial charge is 0.490 e. The van der Waals surface area contributed by atoms with Gasteiger partial charge in [-0.15, -0.1) is 0 Å². The number of likely N-dealkylation sites (tertiary alicyclic amines) is 1. The summed E-state index contributed by atoms with van der Waals surface area (Å²) >= 11 is 0. The normalized spacial score (nSPS) is 17.9. The van der Waals surface area contributed by atoms with Crippen molar-refractivity contribution in [2.24, 2.45) is 16.8 Å². The maximum absolute atomic E-state index is 5.84. The third kappa shape index (κ3) is 8.87. The number of nitrogens with zero attached hydrogens (tertiary/aromatic N) is 2. The van der Waals surface area contributed by atoms with Crippen molar-refractivity contribution in [2.45, 2.75) is 46.0 Å². The Hall–Kier alpha value is -1.99. The smallest absolute Gasteiger partial charge is 0.195 e. The van der Waals surface area contributed by atoms with Gasteiger partial charge in [-0.25, -0.2) is 0 Å². The molecule has 0 radical (unpaired) electrons. The summed E-state index contributed by atoms with van der Waals surface area (Å²) in [4.78, 5) is 7.22. The van der Waals surface area contributed by atoms with Crippen molar-refractivity contribution >= 4 is 11.6 Å². The number of piperidine rings is 1. The van der Waals surface area contributed by atoms with Gasteiger partial charge in [0.05, 0.1) is 13.2 Å². The van der Waals surface area contributed by atoms with E-state index in [2.05, 4.69) is 36.4 Å². The summed E-state index contributed by atoms with van der Waals surface area (Å²) in [6.07, 6.45) is 5.56. The Labute approximate surface area is 193 Å². The van der Waals surface area contributed by atoms with Crippen LogP contribution in [0.2, 0.25) is 0 Å². The van der Waals surface area contributed by atoms with Crippen LogP contribution in [0.15, 0.2) is 23.2 Å². The Kier molecular flexibility index (Phi) is 10.4. The second-order valence-corrected chi connectivity index (χ2v) is 9.35. The summed E-state index contributed by atoms with van der Waals surface area (Å²) in [5, 5.41) is 7.00. The molecule has 0 spiro atoms. The highest BCUT2D eigenvalue weighted by Crippen LogP contribution is 2.32. The van der Waals surface area contributed by atoms with Crippen LogP contribution in [0.3, 0.4) is 0 Å². The van der Waals surface area contributed by atoms with Crippen LogP contribution in [-0.2, 0) is 4.74 Å². The fourth-order valence-corrected chi connectivity index (χ4v) is 3.94.